The van der Waals surface area contributed by atoms with Crippen molar-refractivity contribution in [3.63, 3.8) is 0 Å². The van der Waals surface area contributed by atoms with Gasteiger partial charge in [-0.1, -0.05) is 49.3 Å². The first-order valence-corrected chi connectivity index (χ1v) is 10.1. The highest BCUT2D eigenvalue weighted by atomic mass is 16.5. The maximum atomic E-state index is 12.3. The van der Waals surface area contributed by atoms with E-state index in [0.717, 1.165) is 48.8 Å². The van der Waals surface area contributed by atoms with Crippen LogP contribution in [0.3, 0.4) is 0 Å². The molecular weight excluding hydrogens is 338 g/mol. The van der Waals surface area contributed by atoms with E-state index in [2.05, 4.69) is 23.9 Å². The molecule has 3 rings (SSSR count). The summed E-state index contributed by atoms with van der Waals surface area (Å²) in [5, 5.41) is 4.41. The second kappa shape index (κ2) is 9.07. The van der Waals surface area contributed by atoms with E-state index in [1.165, 1.54) is 19.3 Å². The number of anilines is 1. The van der Waals surface area contributed by atoms with Crippen molar-refractivity contribution < 1.29 is 9.32 Å². The van der Waals surface area contributed by atoms with Gasteiger partial charge in [-0.05, 0) is 31.6 Å². The molecule has 0 unspecified atom stereocenters. The van der Waals surface area contributed by atoms with Crippen molar-refractivity contribution in [2.24, 2.45) is 5.92 Å². The van der Waals surface area contributed by atoms with Crippen molar-refractivity contribution >= 4 is 11.8 Å². The van der Waals surface area contributed by atoms with Gasteiger partial charge in [-0.2, -0.15) is 0 Å². The van der Waals surface area contributed by atoms with Crippen LogP contribution in [0.1, 0.15) is 52.0 Å². The topological polar surface area (TPSA) is 49.6 Å². The van der Waals surface area contributed by atoms with Crippen LogP contribution in [0.4, 0.5) is 5.88 Å². The number of benzene rings is 1. The zero-order chi connectivity index (χ0) is 19.2. The van der Waals surface area contributed by atoms with Crippen LogP contribution < -0.4 is 4.90 Å². The van der Waals surface area contributed by atoms with Crippen molar-refractivity contribution in [3.8, 4) is 11.3 Å². The van der Waals surface area contributed by atoms with E-state index in [4.69, 9.17) is 4.52 Å². The molecule has 1 aromatic heterocycles. The smallest absolute Gasteiger partial charge is 0.232 e. The molecule has 0 saturated carbocycles. The summed E-state index contributed by atoms with van der Waals surface area (Å²) in [5.41, 5.74) is 2.92. The second-order valence-corrected chi connectivity index (χ2v) is 7.85. The van der Waals surface area contributed by atoms with Gasteiger partial charge in [0.25, 0.3) is 0 Å². The Kier molecular flexibility index (Phi) is 6.54. The third-order valence-electron chi connectivity index (χ3n) is 5.23. The molecule has 0 radical (unpaired) electrons. The maximum Gasteiger partial charge on any atom is 0.232 e. The number of aromatic nitrogens is 1. The average Bonchev–Trinajstić information content (AvgIpc) is 3.09. The Bertz CT molecular complexity index is 733. The zero-order valence-corrected chi connectivity index (χ0v) is 16.8. The Labute approximate surface area is 162 Å². The summed E-state index contributed by atoms with van der Waals surface area (Å²) in [6, 6.07) is 10.1. The summed E-state index contributed by atoms with van der Waals surface area (Å²) in [4.78, 5) is 16.5. The van der Waals surface area contributed by atoms with Gasteiger partial charge in [0.2, 0.25) is 11.8 Å². The van der Waals surface area contributed by atoms with Crippen LogP contribution in [0, 0.1) is 5.92 Å². The van der Waals surface area contributed by atoms with Crippen molar-refractivity contribution in [1.82, 2.24) is 10.1 Å². The predicted molar refractivity (Wildman–Crippen MR) is 109 cm³/mol. The Hall–Kier alpha value is -2.30. The minimum absolute atomic E-state index is 0.0976. The van der Waals surface area contributed by atoms with Crippen LogP contribution in [0.5, 0.6) is 0 Å². The van der Waals surface area contributed by atoms with E-state index in [9.17, 15) is 4.79 Å². The van der Waals surface area contributed by atoms with Gasteiger partial charge in [0, 0.05) is 32.1 Å². The van der Waals surface area contributed by atoms with E-state index in [1.54, 1.807) is 6.92 Å². The van der Waals surface area contributed by atoms with Crippen LogP contribution in [-0.4, -0.2) is 35.6 Å². The van der Waals surface area contributed by atoms with Gasteiger partial charge in [0.15, 0.2) is 0 Å². The fourth-order valence-corrected chi connectivity index (χ4v) is 3.56. The number of nitrogens with zero attached hydrogens (tertiary/aromatic N) is 3. The molecule has 1 aliphatic heterocycles. The molecule has 0 aliphatic carbocycles. The summed E-state index contributed by atoms with van der Waals surface area (Å²) >= 11 is 0. The summed E-state index contributed by atoms with van der Waals surface area (Å²) in [5.74, 6) is 1.49. The highest BCUT2D eigenvalue weighted by molar-refractivity contribution is 5.75. The summed E-state index contributed by atoms with van der Waals surface area (Å²) in [6.07, 6.45) is 4.60. The molecule has 2 heterocycles. The molecule has 1 amide bonds. The van der Waals surface area contributed by atoms with E-state index < -0.39 is 0 Å². The van der Waals surface area contributed by atoms with Crippen molar-refractivity contribution in [2.75, 3.05) is 24.5 Å². The van der Waals surface area contributed by atoms with Crippen LogP contribution in [0.25, 0.3) is 11.3 Å². The maximum absolute atomic E-state index is 12.3. The summed E-state index contributed by atoms with van der Waals surface area (Å²) in [6.45, 7) is 9.30. The van der Waals surface area contributed by atoms with Gasteiger partial charge >= 0.3 is 0 Å². The SMILES string of the molecule is CC(=O)N(CCC(C)C)Cc1c(-c2ccccc2)noc1N1CCCCC1. The molecule has 1 saturated heterocycles. The molecule has 0 atom stereocenters. The molecule has 27 heavy (non-hydrogen) atoms. The molecule has 5 nitrogen and oxygen atoms in total. The van der Waals surface area contributed by atoms with Crippen LogP contribution in [-0.2, 0) is 11.3 Å². The third kappa shape index (κ3) is 4.90. The predicted octanol–water partition coefficient (Wildman–Crippen LogP) is 4.73. The number of hydrogen-bond acceptors (Lipinski definition) is 4. The first-order chi connectivity index (χ1) is 13.1. The van der Waals surface area contributed by atoms with Gasteiger partial charge < -0.3 is 14.3 Å². The number of carbonyl (C=O) groups is 1. The summed E-state index contributed by atoms with van der Waals surface area (Å²) in [7, 11) is 0. The molecule has 0 N–H and O–H groups in total. The average molecular weight is 370 g/mol. The number of amides is 1. The first kappa shape index (κ1) is 19.5. The monoisotopic (exact) mass is 369 g/mol. The lowest BCUT2D eigenvalue weighted by molar-refractivity contribution is -0.129. The van der Waals surface area contributed by atoms with Crippen LogP contribution in [0.2, 0.25) is 0 Å². The van der Waals surface area contributed by atoms with Crippen molar-refractivity contribution in [2.45, 2.75) is 53.0 Å². The third-order valence-corrected chi connectivity index (χ3v) is 5.23. The second-order valence-electron chi connectivity index (χ2n) is 7.85. The molecule has 1 fully saturated rings. The van der Waals surface area contributed by atoms with Crippen molar-refractivity contribution in [1.29, 1.82) is 0 Å². The Balaban J connectivity index is 1.93. The van der Waals surface area contributed by atoms with Gasteiger partial charge in [0.1, 0.15) is 5.69 Å². The normalized spacial score (nSPS) is 14.6. The van der Waals surface area contributed by atoms with Crippen LogP contribution >= 0.6 is 0 Å². The first-order valence-electron chi connectivity index (χ1n) is 10.1. The highest BCUT2D eigenvalue weighted by Gasteiger charge is 2.26. The molecule has 0 spiro atoms. The lowest BCUT2D eigenvalue weighted by Crippen LogP contribution is -2.33. The van der Waals surface area contributed by atoms with E-state index >= 15 is 0 Å². The minimum atomic E-state index is 0.0976. The number of rotatable bonds is 7. The van der Waals surface area contributed by atoms with Gasteiger partial charge in [0.05, 0.1) is 12.1 Å². The fourth-order valence-electron chi connectivity index (χ4n) is 3.56. The van der Waals surface area contributed by atoms with Gasteiger partial charge in [-0.3, -0.25) is 4.79 Å². The van der Waals surface area contributed by atoms with E-state index in [-0.39, 0.29) is 5.91 Å². The molecule has 5 heteroatoms. The molecule has 2 aromatic rings. The molecule has 1 aliphatic rings. The molecule has 0 bridgehead atoms. The molecule has 146 valence electrons. The number of piperidine rings is 1. The van der Waals surface area contributed by atoms with Gasteiger partial charge in [-0.15, -0.1) is 0 Å². The Morgan fingerprint density at radius 3 is 2.52 bits per heavy atom. The lowest BCUT2D eigenvalue weighted by atomic mass is 10.0. The highest BCUT2D eigenvalue weighted by Crippen LogP contribution is 2.34. The minimum Gasteiger partial charge on any atom is -0.340 e. The van der Waals surface area contributed by atoms with E-state index in [1.807, 2.05) is 35.2 Å². The molecule has 1 aromatic carbocycles. The quantitative estimate of drug-likeness (QED) is 0.708. The standard InChI is InChI=1S/C22H31N3O2/c1-17(2)12-15-25(18(3)26)16-20-21(19-10-6-4-7-11-19)23-27-22(20)24-13-8-5-9-14-24/h4,6-7,10-11,17H,5,8-9,12-16H2,1-3H3. The van der Waals surface area contributed by atoms with Crippen molar-refractivity contribution in [3.05, 3.63) is 35.9 Å². The Morgan fingerprint density at radius 1 is 1.19 bits per heavy atom. The largest absolute Gasteiger partial charge is 0.340 e. The number of hydrogen-bond donors (Lipinski definition) is 0. The van der Waals surface area contributed by atoms with Crippen LogP contribution in [0.15, 0.2) is 34.9 Å². The van der Waals surface area contributed by atoms with E-state index in [0.29, 0.717) is 12.5 Å². The number of carbonyl (C=O) groups excluding carboxylic acids is 1. The van der Waals surface area contributed by atoms with Gasteiger partial charge in [-0.25, -0.2) is 0 Å². The fraction of sp³-hybridized carbons (Fsp3) is 0.545. The summed E-state index contributed by atoms with van der Waals surface area (Å²) < 4.78 is 5.83. The lowest BCUT2D eigenvalue weighted by Gasteiger charge is -2.28. The molecular formula is C22H31N3O2. The Morgan fingerprint density at radius 2 is 1.89 bits per heavy atom. The zero-order valence-electron chi connectivity index (χ0n) is 16.8.